The quantitative estimate of drug-likeness (QED) is 0.765. The number of rotatable bonds is 1. The van der Waals surface area contributed by atoms with Crippen LogP contribution in [0.5, 0.6) is 11.5 Å². The number of benzene rings is 2. The standard InChI is InChI=1S/C18H14O2/c1-2-5-13(6-3-1)16-10-8-14-9-11-17-15(18(14)20-16)7-4-12-19-17/h1-11,16H,12H2. The molecule has 2 aliphatic heterocycles. The van der Waals surface area contributed by atoms with Gasteiger partial charge in [0.15, 0.2) is 0 Å². The lowest BCUT2D eigenvalue weighted by Gasteiger charge is -2.25. The summed E-state index contributed by atoms with van der Waals surface area (Å²) in [5.41, 5.74) is 3.30. The molecule has 0 bridgehead atoms. The molecular weight excluding hydrogens is 248 g/mol. The highest BCUT2D eigenvalue weighted by Crippen LogP contribution is 2.41. The van der Waals surface area contributed by atoms with E-state index in [2.05, 4.69) is 30.4 Å². The first kappa shape index (κ1) is 11.4. The van der Waals surface area contributed by atoms with Gasteiger partial charge >= 0.3 is 0 Å². The molecule has 0 amide bonds. The minimum Gasteiger partial charge on any atom is -0.489 e. The largest absolute Gasteiger partial charge is 0.489 e. The topological polar surface area (TPSA) is 18.5 Å². The fourth-order valence-corrected chi connectivity index (χ4v) is 2.63. The first-order chi connectivity index (χ1) is 9.92. The van der Waals surface area contributed by atoms with Gasteiger partial charge in [0, 0.05) is 5.56 Å². The molecule has 2 aliphatic rings. The molecule has 2 nitrogen and oxygen atoms in total. The van der Waals surface area contributed by atoms with Crippen molar-refractivity contribution in [1.82, 2.24) is 0 Å². The molecule has 20 heavy (non-hydrogen) atoms. The van der Waals surface area contributed by atoms with E-state index in [4.69, 9.17) is 9.47 Å². The van der Waals surface area contributed by atoms with Crippen LogP contribution in [0.3, 0.4) is 0 Å². The number of hydrogen-bond acceptors (Lipinski definition) is 2. The van der Waals surface area contributed by atoms with E-state index in [1.165, 1.54) is 0 Å². The van der Waals surface area contributed by atoms with Crippen LogP contribution in [0.4, 0.5) is 0 Å². The molecule has 0 aliphatic carbocycles. The Labute approximate surface area is 118 Å². The lowest BCUT2D eigenvalue weighted by atomic mass is 10.00. The number of fused-ring (bicyclic) bond motifs is 3. The molecule has 0 fully saturated rings. The monoisotopic (exact) mass is 262 g/mol. The van der Waals surface area contributed by atoms with E-state index in [0.29, 0.717) is 6.61 Å². The minimum absolute atomic E-state index is 0.0365. The highest BCUT2D eigenvalue weighted by atomic mass is 16.5. The summed E-state index contributed by atoms with van der Waals surface area (Å²) >= 11 is 0. The van der Waals surface area contributed by atoms with E-state index >= 15 is 0 Å². The number of ether oxygens (including phenoxy) is 2. The lowest BCUT2D eigenvalue weighted by Crippen LogP contribution is -2.11. The molecule has 0 aromatic heterocycles. The van der Waals surface area contributed by atoms with Crippen molar-refractivity contribution >= 4 is 12.2 Å². The van der Waals surface area contributed by atoms with Crippen LogP contribution in [0.1, 0.15) is 22.8 Å². The Bertz CT molecular complexity index is 699. The van der Waals surface area contributed by atoms with Gasteiger partial charge in [-0.15, -0.1) is 0 Å². The summed E-state index contributed by atoms with van der Waals surface area (Å²) in [7, 11) is 0. The van der Waals surface area contributed by atoms with E-state index < -0.39 is 0 Å². The maximum absolute atomic E-state index is 6.20. The average molecular weight is 262 g/mol. The summed E-state index contributed by atoms with van der Waals surface area (Å²) in [6.07, 6.45) is 8.28. The van der Waals surface area contributed by atoms with Crippen LogP contribution in [0, 0.1) is 0 Å². The van der Waals surface area contributed by atoms with Crippen LogP contribution >= 0.6 is 0 Å². The van der Waals surface area contributed by atoms with Crippen molar-refractivity contribution in [2.75, 3.05) is 6.61 Å². The van der Waals surface area contributed by atoms with Gasteiger partial charge in [-0.2, -0.15) is 0 Å². The van der Waals surface area contributed by atoms with E-state index in [1.54, 1.807) is 0 Å². The summed E-state index contributed by atoms with van der Waals surface area (Å²) in [4.78, 5) is 0. The smallest absolute Gasteiger partial charge is 0.142 e. The average Bonchev–Trinajstić information content (AvgIpc) is 2.55. The molecule has 0 spiro atoms. The molecule has 1 atom stereocenters. The first-order valence-electron chi connectivity index (χ1n) is 6.78. The molecule has 0 saturated heterocycles. The second-order valence-corrected chi connectivity index (χ2v) is 4.92. The minimum atomic E-state index is -0.0365. The van der Waals surface area contributed by atoms with E-state index in [1.807, 2.05) is 36.4 Å². The molecule has 4 rings (SSSR count). The Hall–Kier alpha value is -2.48. The maximum Gasteiger partial charge on any atom is 0.142 e. The lowest BCUT2D eigenvalue weighted by molar-refractivity contribution is 0.248. The van der Waals surface area contributed by atoms with Crippen molar-refractivity contribution in [3.63, 3.8) is 0 Å². The van der Waals surface area contributed by atoms with Crippen molar-refractivity contribution in [1.29, 1.82) is 0 Å². The summed E-state index contributed by atoms with van der Waals surface area (Å²) < 4.78 is 11.8. The van der Waals surface area contributed by atoms with Crippen molar-refractivity contribution in [2.45, 2.75) is 6.10 Å². The second-order valence-electron chi connectivity index (χ2n) is 4.92. The molecule has 2 aromatic rings. The van der Waals surface area contributed by atoms with E-state index in [-0.39, 0.29) is 6.10 Å². The van der Waals surface area contributed by atoms with Gasteiger partial charge in [-0.1, -0.05) is 36.4 Å². The first-order valence-corrected chi connectivity index (χ1v) is 6.78. The number of hydrogen-bond donors (Lipinski definition) is 0. The molecule has 0 radical (unpaired) electrons. The normalized spacial score (nSPS) is 18.7. The Kier molecular flexibility index (Phi) is 2.59. The van der Waals surface area contributed by atoms with Crippen LogP contribution in [0.2, 0.25) is 0 Å². The SMILES string of the molecule is C1=Cc2c(ccc3c2OC(c2ccccc2)C=C3)OC1. The zero-order valence-electron chi connectivity index (χ0n) is 11.0. The van der Waals surface area contributed by atoms with Gasteiger partial charge in [-0.05, 0) is 35.9 Å². The molecule has 0 N–H and O–H groups in total. The van der Waals surface area contributed by atoms with Gasteiger partial charge in [-0.3, -0.25) is 0 Å². The summed E-state index contributed by atoms with van der Waals surface area (Å²) in [6, 6.07) is 14.3. The zero-order chi connectivity index (χ0) is 13.4. The third-order valence-corrected chi connectivity index (χ3v) is 3.63. The molecule has 98 valence electrons. The summed E-state index contributed by atoms with van der Waals surface area (Å²) in [6.45, 7) is 0.629. The summed E-state index contributed by atoms with van der Waals surface area (Å²) in [5.74, 6) is 1.81. The zero-order valence-corrected chi connectivity index (χ0v) is 11.0. The van der Waals surface area contributed by atoms with Gasteiger partial charge < -0.3 is 9.47 Å². The molecule has 1 unspecified atom stereocenters. The van der Waals surface area contributed by atoms with Crippen molar-refractivity contribution in [3.05, 3.63) is 71.3 Å². The summed E-state index contributed by atoms with van der Waals surface area (Å²) in [5, 5.41) is 0. The van der Waals surface area contributed by atoms with Crippen molar-refractivity contribution in [3.8, 4) is 11.5 Å². The fraction of sp³-hybridized carbons (Fsp3) is 0.111. The van der Waals surface area contributed by atoms with Crippen molar-refractivity contribution in [2.24, 2.45) is 0 Å². The van der Waals surface area contributed by atoms with Crippen LogP contribution < -0.4 is 9.47 Å². The van der Waals surface area contributed by atoms with Gasteiger partial charge in [0.1, 0.15) is 24.2 Å². The Balaban J connectivity index is 1.78. The predicted molar refractivity (Wildman–Crippen MR) is 79.8 cm³/mol. The Morgan fingerprint density at radius 1 is 0.950 bits per heavy atom. The highest BCUT2D eigenvalue weighted by molar-refractivity contribution is 5.74. The predicted octanol–water partition coefficient (Wildman–Crippen LogP) is 4.24. The highest BCUT2D eigenvalue weighted by Gasteiger charge is 2.21. The van der Waals surface area contributed by atoms with Gasteiger partial charge in [0.25, 0.3) is 0 Å². The molecular formula is C18H14O2. The molecule has 2 heterocycles. The third kappa shape index (κ3) is 1.81. The third-order valence-electron chi connectivity index (χ3n) is 3.63. The van der Waals surface area contributed by atoms with Crippen LogP contribution in [-0.4, -0.2) is 6.61 Å². The second kappa shape index (κ2) is 4.57. The Morgan fingerprint density at radius 3 is 2.75 bits per heavy atom. The Morgan fingerprint density at radius 2 is 1.85 bits per heavy atom. The van der Waals surface area contributed by atoms with Gasteiger partial charge in [0.05, 0.1) is 5.56 Å². The molecule has 2 aromatic carbocycles. The van der Waals surface area contributed by atoms with Crippen LogP contribution in [0.15, 0.2) is 54.6 Å². The van der Waals surface area contributed by atoms with E-state index in [9.17, 15) is 0 Å². The van der Waals surface area contributed by atoms with Crippen LogP contribution in [-0.2, 0) is 0 Å². The van der Waals surface area contributed by atoms with Crippen molar-refractivity contribution < 1.29 is 9.47 Å². The molecule has 2 heteroatoms. The fourth-order valence-electron chi connectivity index (χ4n) is 2.63. The van der Waals surface area contributed by atoms with Crippen LogP contribution in [0.25, 0.3) is 12.2 Å². The van der Waals surface area contributed by atoms with E-state index in [0.717, 1.165) is 28.2 Å². The molecule has 0 saturated carbocycles. The van der Waals surface area contributed by atoms with Gasteiger partial charge in [0.2, 0.25) is 0 Å². The van der Waals surface area contributed by atoms with Gasteiger partial charge in [-0.25, -0.2) is 0 Å². The maximum atomic E-state index is 6.20.